The van der Waals surface area contributed by atoms with Crippen molar-refractivity contribution < 1.29 is 22.9 Å². The molecule has 4 N–H and O–H groups in total. The SMILES string of the molecule is CC1=CCC(C)(S(=O)(=O)O)C=C1.N[C@@H](Cc1ccccc1)C(=O)O. The Bertz CT molecular complexity index is 725. The van der Waals surface area contributed by atoms with Gasteiger partial charge in [0.2, 0.25) is 0 Å². The van der Waals surface area contributed by atoms with Crippen LogP contribution in [0.5, 0.6) is 0 Å². The van der Waals surface area contributed by atoms with Crippen LogP contribution in [-0.2, 0) is 21.3 Å². The third-order valence-corrected chi connectivity index (χ3v) is 5.21. The molecule has 2 rings (SSSR count). The van der Waals surface area contributed by atoms with Crippen LogP contribution in [0.4, 0.5) is 0 Å². The summed E-state index contributed by atoms with van der Waals surface area (Å²) in [5, 5.41) is 8.52. The number of carboxylic acids is 1. The largest absolute Gasteiger partial charge is 0.480 e. The Kier molecular flexibility index (Phi) is 6.89. The van der Waals surface area contributed by atoms with Gasteiger partial charge in [-0.1, -0.05) is 54.1 Å². The molecule has 0 radical (unpaired) electrons. The Balaban J connectivity index is 0.000000240. The number of carbonyl (C=O) groups is 1. The lowest BCUT2D eigenvalue weighted by Gasteiger charge is -2.23. The predicted octanol–water partition coefficient (Wildman–Crippen LogP) is 2.18. The average molecular weight is 353 g/mol. The molecule has 7 heteroatoms. The van der Waals surface area contributed by atoms with Crippen molar-refractivity contribution in [3.63, 3.8) is 0 Å². The van der Waals surface area contributed by atoms with Gasteiger partial charge in [0.1, 0.15) is 10.8 Å². The number of aliphatic carboxylic acids is 1. The van der Waals surface area contributed by atoms with E-state index in [4.69, 9.17) is 15.4 Å². The maximum Gasteiger partial charge on any atom is 0.320 e. The highest BCUT2D eigenvalue weighted by atomic mass is 32.2. The number of hydrogen-bond acceptors (Lipinski definition) is 4. The molecule has 2 atom stereocenters. The van der Waals surface area contributed by atoms with Crippen molar-refractivity contribution in [3.05, 3.63) is 59.7 Å². The van der Waals surface area contributed by atoms with Gasteiger partial charge < -0.3 is 10.8 Å². The molecule has 0 heterocycles. The minimum Gasteiger partial charge on any atom is -0.480 e. The molecule has 0 aliphatic heterocycles. The minimum absolute atomic E-state index is 0.341. The van der Waals surface area contributed by atoms with E-state index in [9.17, 15) is 13.2 Å². The van der Waals surface area contributed by atoms with Crippen LogP contribution in [0.3, 0.4) is 0 Å². The fraction of sp³-hybridized carbons (Fsp3) is 0.353. The molecular formula is C17H23NO5S. The summed E-state index contributed by atoms with van der Waals surface area (Å²) >= 11 is 0. The fourth-order valence-corrected chi connectivity index (χ4v) is 2.49. The summed E-state index contributed by atoms with van der Waals surface area (Å²) in [7, 11) is -3.98. The van der Waals surface area contributed by atoms with Crippen LogP contribution in [0.2, 0.25) is 0 Å². The van der Waals surface area contributed by atoms with E-state index in [1.807, 2.05) is 37.3 Å². The minimum atomic E-state index is -3.98. The van der Waals surface area contributed by atoms with Crippen molar-refractivity contribution >= 4 is 16.1 Å². The van der Waals surface area contributed by atoms with Crippen molar-refractivity contribution in [2.24, 2.45) is 5.73 Å². The number of benzene rings is 1. The van der Waals surface area contributed by atoms with Crippen LogP contribution < -0.4 is 5.73 Å². The van der Waals surface area contributed by atoms with Crippen molar-refractivity contribution in [1.29, 1.82) is 0 Å². The zero-order valence-electron chi connectivity index (χ0n) is 13.7. The maximum absolute atomic E-state index is 10.9. The van der Waals surface area contributed by atoms with E-state index in [2.05, 4.69) is 0 Å². The van der Waals surface area contributed by atoms with Crippen LogP contribution in [0, 0.1) is 0 Å². The number of hydrogen-bond donors (Lipinski definition) is 3. The van der Waals surface area contributed by atoms with Gasteiger partial charge in [-0.3, -0.25) is 9.35 Å². The lowest BCUT2D eigenvalue weighted by atomic mass is 9.98. The second-order valence-electron chi connectivity index (χ2n) is 5.91. The first-order valence-corrected chi connectivity index (χ1v) is 8.84. The van der Waals surface area contributed by atoms with E-state index in [-0.39, 0.29) is 0 Å². The summed E-state index contributed by atoms with van der Waals surface area (Å²) in [4.78, 5) is 10.4. The molecule has 0 aromatic heterocycles. The van der Waals surface area contributed by atoms with Crippen LogP contribution in [-0.4, -0.2) is 34.8 Å². The molecule has 132 valence electrons. The third-order valence-electron chi connectivity index (χ3n) is 3.73. The summed E-state index contributed by atoms with van der Waals surface area (Å²) in [6, 6.07) is 8.54. The average Bonchev–Trinajstić information content (AvgIpc) is 2.51. The molecule has 0 spiro atoms. The zero-order chi connectivity index (χ0) is 18.4. The van der Waals surface area contributed by atoms with Crippen molar-refractivity contribution in [1.82, 2.24) is 0 Å². The van der Waals surface area contributed by atoms with E-state index in [1.54, 1.807) is 12.2 Å². The van der Waals surface area contributed by atoms with Crippen LogP contribution in [0.1, 0.15) is 25.8 Å². The van der Waals surface area contributed by atoms with Gasteiger partial charge in [-0.25, -0.2) is 0 Å². The highest BCUT2D eigenvalue weighted by molar-refractivity contribution is 7.87. The molecule has 1 unspecified atom stereocenters. The van der Waals surface area contributed by atoms with Crippen LogP contribution in [0.25, 0.3) is 0 Å². The van der Waals surface area contributed by atoms with Gasteiger partial charge in [0.15, 0.2) is 0 Å². The van der Waals surface area contributed by atoms with Gasteiger partial charge in [0.25, 0.3) is 10.1 Å². The molecule has 1 aromatic carbocycles. The third kappa shape index (κ3) is 5.92. The normalized spacial score (nSPS) is 21.2. The highest BCUT2D eigenvalue weighted by Crippen LogP contribution is 2.27. The fourth-order valence-electron chi connectivity index (χ4n) is 1.95. The van der Waals surface area contributed by atoms with E-state index in [0.717, 1.165) is 11.1 Å². The van der Waals surface area contributed by atoms with Gasteiger partial charge >= 0.3 is 5.97 Å². The summed E-state index contributed by atoms with van der Waals surface area (Å²) in [6.45, 7) is 3.39. The summed E-state index contributed by atoms with van der Waals surface area (Å²) in [5.41, 5.74) is 7.32. The van der Waals surface area contributed by atoms with Gasteiger partial charge in [-0.2, -0.15) is 8.42 Å². The first-order valence-electron chi connectivity index (χ1n) is 7.40. The molecule has 0 fully saturated rings. The quantitative estimate of drug-likeness (QED) is 0.714. The molecule has 1 aromatic rings. The second-order valence-corrected chi connectivity index (χ2v) is 7.79. The predicted molar refractivity (Wildman–Crippen MR) is 93.2 cm³/mol. The van der Waals surface area contributed by atoms with E-state index < -0.39 is 26.9 Å². The van der Waals surface area contributed by atoms with Gasteiger partial charge in [0, 0.05) is 0 Å². The Hall–Kier alpha value is -1.96. The van der Waals surface area contributed by atoms with Crippen molar-refractivity contribution in [2.45, 2.75) is 37.5 Å². The molecule has 0 bridgehead atoms. The van der Waals surface area contributed by atoms with Crippen molar-refractivity contribution in [3.8, 4) is 0 Å². The van der Waals surface area contributed by atoms with E-state index >= 15 is 0 Å². The smallest absolute Gasteiger partial charge is 0.320 e. The summed E-state index contributed by atoms with van der Waals surface area (Å²) in [6.07, 6.45) is 5.76. The molecule has 24 heavy (non-hydrogen) atoms. The highest BCUT2D eigenvalue weighted by Gasteiger charge is 2.35. The number of rotatable bonds is 4. The monoisotopic (exact) mass is 353 g/mol. The first kappa shape index (κ1) is 20.1. The molecule has 1 aliphatic rings. The Morgan fingerprint density at radius 3 is 2.33 bits per heavy atom. The molecule has 0 saturated carbocycles. The zero-order valence-corrected chi connectivity index (χ0v) is 14.5. The van der Waals surface area contributed by atoms with E-state index in [1.165, 1.54) is 13.0 Å². The van der Waals surface area contributed by atoms with Gasteiger partial charge in [-0.15, -0.1) is 0 Å². The lowest BCUT2D eigenvalue weighted by molar-refractivity contribution is -0.138. The van der Waals surface area contributed by atoms with Crippen LogP contribution in [0.15, 0.2) is 54.1 Å². The molecule has 0 saturated heterocycles. The second kappa shape index (κ2) is 8.23. The van der Waals surface area contributed by atoms with Crippen molar-refractivity contribution in [2.75, 3.05) is 0 Å². The first-order chi connectivity index (χ1) is 11.0. The number of carboxylic acid groups (broad SMARTS) is 1. The topological polar surface area (TPSA) is 118 Å². The molecule has 6 nitrogen and oxygen atoms in total. The number of nitrogens with two attached hydrogens (primary N) is 1. The van der Waals surface area contributed by atoms with Gasteiger partial charge in [-0.05, 0) is 32.3 Å². The standard InChI is InChI=1S/C9H11NO2.C8H12O3S/c10-8(9(11)12)6-7-4-2-1-3-5-7;1-7-3-5-8(2,6-4-7)12(9,10)11/h1-5,8H,6,10H2,(H,11,12);3-5H,6H2,1-2H3,(H,9,10,11)/t8-;/m0./s1. The Morgan fingerprint density at radius 2 is 1.92 bits per heavy atom. The molecule has 0 amide bonds. The Morgan fingerprint density at radius 1 is 1.33 bits per heavy atom. The molecular weight excluding hydrogens is 330 g/mol. The lowest BCUT2D eigenvalue weighted by Crippen LogP contribution is -2.33. The summed E-state index contributed by atoms with van der Waals surface area (Å²) in [5.74, 6) is -0.959. The number of allylic oxidation sites excluding steroid dienone is 3. The Labute approximate surface area is 142 Å². The molecule has 1 aliphatic carbocycles. The van der Waals surface area contributed by atoms with Crippen LogP contribution >= 0.6 is 0 Å². The van der Waals surface area contributed by atoms with E-state index in [0.29, 0.717) is 12.8 Å². The van der Waals surface area contributed by atoms with Gasteiger partial charge in [0.05, 0.1) is 0 Å². The summed E-state index contributed by atoms with van der Waals surface area (Å²) < 4.78 is 29.5. The maximum atomic E-state index is 10.9.